The van der Waals surface area contributed by atoms with E-state index in [9.17, 15) is 31.2 Å². The van der Waals surface area contributed by atoms with Gasteiger partial charge >= 0.3 is 6.36 Å². The molecule has 1 spiro atoms. The van der Waals surface area contributed by atoms with Crippen molar-refractivity contribution in [3.63, 3.8) is 0 Å². The zero-order valence-corrected chi connectivity index (χ0v) is 22.5. The fourth-order valence-corrected chi connectivity index (χ4v) is 6.15. The summed E-state index contributed by atoms with van der Waals surface area (Å²) < 4.78 is 68.6. The van der Waals surface area contributed by atoms with Crippen molar-refractivity contribution < 1.29 is 35.9 Å². The first kappa shape index (κ1) is 28.6. The van der Waals surface area contributed by atoms with Crippen LogP contribution in [0.15, 0.2) is 47.5 Å². The van der Waals surface area contributed by atoms with Gasteiger partial charge in [0.1, 0.15) is 17.1 Å². The highest BCUT2D eigenvalue weighted by atomic mass is 32.2. The molecule has 0 aliphatic carbocycles. The van der Waals surface area contributed by atoms with Crippen LogP contribution in [0.3, 0.4) is 0 Å². The van der Waals surface area contributed by atoms with Crippen LogP contribution in [0.5, 0.6) is 5.75 Å². The second-order valence-electron chi connectivity index (χ2n) is 9.82. The van der Waals surface area contributed by atoms with Crippen LogP contribution in [0.2, 0.25) is 0 Å². The van der Waals surface area contributed by atoms with E-state index < -0.39 is 27.7 Å². The summed E-state index contributed by atoms with van der Waals surface area (Å²) in [6.07, 6.45) is -4.17. The van der Waals surface area contributed by atoms with Crippen LogP contribution in [0.1, 0.15) is 39.9 Å². The standard InChI is InChI=1S/C26H29F3N4O5S/c1-17-16-20(23(34)32(2)3)5-4-18(17)10-15-39(36,37)33-13-11-25(12-14-33)24(35)30-22(31-25)19-6-8-21(9-7-19)38-26(27,28)29/h4-9,16H,10-15H2,1-3H3,(H,30,31,35). The lowest BCUT2D eigenvalue weighted by Gasteiger charge is -2.34. The van der Waals surface area contributed by atoms with E-state index >= 15 is 0 Å². The van der Waals surface area contributed by atoms with E-state index in [0.29, 0.717) is 11.1 Å². The van der Waals surface area contributed by atoms with E-state index in [1.165, 1.54) is 21.3 Å². The molecule has 0 saturated carbocycles. The van der Waals surface area contributed by atoms with Gasteiger partial charge < -0.3 is 15.0 Å². The fraction of sp³-hybridized carbons (Fsp3) is 0.423. The van der Waals surface area contributed by atoms with Gasteiger partial charge in [-0.05, 0) is 73.7 Å². The molecule has 0 unspecified atom stereocenters. The Balaban J connectivity index is 1.38. The number of nitrogens with zero attached hydrogens (tertiary/aromatic N) is 3. The maximum Gasteiger partial charge on any atom is 0.573 e. The first-order valence-electron chi connectivity index (χ1n) is 12.3. The predicted molar refractivity (Wildman–Crippen MR) is 138 cm³/mol. The normalized spacial score (nSPS) is 17.6. The first-order chi connectivity index (χ1) is 18.2. The molecule has 0 bridgehead atoms. The topological polar surface area (TPSA) is 108 Å². The van der Waals surface area contributed by atoms with Gasteiger partial charge in [-0.3, -0.25) is 14.6 Å². The van der Waals surface area contributed by atoms with Crippen molar-refractivity contribution in [1.82, 2.24) is 14.5 Å². The largest absolute Gasteiger partial charge is 0.573 e. The Morgan fingerprint density at radius 1 is 1.13 bits per heavy atom. The van der Waals surface area contributed by atoms with Crippen molar-refractivity contribution in [2.24, 2.45) is 4.99 Å². The Morgan fingerprint density at radius 3 is 2.33 bits per heavy atom. The highest BCUT2D eigenvalue weighted by Gasteiger charge is 2.47. The number of alkyl halides is 3. The maximum absolute atomic E-state index is 13.1. The van der Waals surface area contributed by atoms with E-state index in [2.05, 4.69) is 15.0 Å². The van der Waals surface area contributed by atoms with E-state index in [4.69, 9.17) is 0 Å². The molecule has 0 aromatic heterocycles. The lowest BCUT2D eigenvalue weighted by atomic mass is 9.89. The zero-order valence-electron chi connectivity index (χ0n) is 21.7. The minimum Gasteiger partial charge on any atom is -0.406 e. The number of ether oxygens (including phenoxy) is 1. The van der Waals surface area contributed by atoms with Crippen LogP contribution in [-0.2, 0) is 21.2 Å². The van der Waals surface area contributed by atoms with Crippen LogP contribution in [0, 0.1) is 6.92 Å². The minimum absolute atomic E-state index is 0.111. The smallest absolute Gasteiger partial charge is 0.406 e. The van der Waals surface area contributed by atoms with Crippen molar-refractivity contribution in [3.05, 3.63) is 64.7 Å². The summed E-state index contributed by atoms with van der Waals surface area (Å²) in [7, 11) is -0.289. The number of hydrogen-bond acceptors (Lipinski definition) is 6. The molecule has 2 aromatic carbocycles. The summed E-state index contributed by atoms with van der Waals surface area (Å²) in [4.78, 5) is 31.0. The number of carbonyl (C=O) groups excluding carboxylic acids is 2. The van der Waals surface area contributed by atoms with Crippen molar-refractivity contribution in [2.75, 3.05) is 32.9 Å². The van der Waals surface area contributed by atoms with Crippen LogP contribution in [0.25, 0.3) is 0 Å². The van der Waals surface area contributed by atoms with Gasteiger partial charge in [0, 0.05) is 38.3 Å². The Hall–Kier alpha value is -3.45. The summed E-state index contributed by atoms with van der Waals surface area (Å²) in [5.41, 5.74) is 1.48. The monoisotopic (exact) mass is 566 g/mol. The van der Waals surface area contributed by atoms with Crippen molar-refractivity contribution >= 4 is 27.7 Å². The summed E-state index contributed by atoms with van der Waals surface area (Å²) >= 11 is 0. The number of halogens is 3. The zero-order chi connectivity index (χ0) is 28.6. The molecule has 1 saturated heterocycles. The third-order valence-corrected chi connectivity index (χ3v) is 8.78. The predicted octanol–water partition coefficient (Wildman–Crippen LogP) is 2.88. The molecule has 2 heterocycles. The SMILES string of the molecule is Cc1cc(C(=O)N(C)C)ccc1CCS(=O)(=O)N1CCC2(CC1)N=C(c1ccc(OC(F)(F)F)cc1)NC2=O. The molecular weight excluding hydrogens is 537 g/mol. The van der Waals surface area contributed by atoms with Crippen LogP contribution >= 0.6 is 0 Å². The number of rotatable bonds is 7. The molecule has 4 rings (SSSR count). The number of aryl methyl sites for hydroxylation is 2. The summed E-state index contributed by atoms with van der Waals surface area (Å²) in [5, 5.41) is 2.68. The Bertz CT molecular complexity index is 1400. The summed E-state index contributed by atoms with van der Waals surface area (Å²) in [6, 6.07) is 10.2. The average molecular weight is 567 g/mol. The third kappa shape index (κ3) is 6.41. The highest BCUT2D eigenvalue weighted by molar-refractivity contribution is 7.89. The van der Waals surface area contributed by atoms with Gasteiger partial charge in [0.05, 0.1) is 5.75 Å². The van der Waals surface area contributed by atoms with Gasteiger partial charge in [0.25, 0.3) is 11.8 Å². The first-order valence-corrected chi connectivity index (χ1v) is 13.9. The van der Waals surface area contributed by atoms with E-state index in [1.54, 1.807) is 32.3 Å². The molecule has 210 valence electrons. The van der Waals surface area contributed by atoms with Crippen molar-refractivity contribution in [1.29, 1.82) is 0 Å². The van der Waals surface area contributed by atoms with Gasteiger partial charge in [-0.15, -0.1) is 13.2 Å². The van der Waals surface area contributed by atoms with E-state index in [-0.39, 0.29) is 55.8 Å². The Morgan fingerprint density at radius 2 is 1.77 bits per heavy atom. The van der Waals surface area contributed by atoms with Gasteiger partial charge in [-0.1, -0.05) is 6.07 Å². The average Bonchev–Trinajstić information content (AvgIpc) is 3.17. The number of aliphatic imine (C=N–C) groups is 1. The van der Waals surface area contributed by atoms with Gasteiger partial charge in [0.2, 0.25) is 10.0 Å². The van der Waals surface area contributed by atoms with E-state index in [1.807, 2.05) is 6.92 Å². The van der Waals surface area contributed by atoms with Crippen LogP contribution < -0.4 is 10.1 Å². The number of amides is 2. The van der Waals surface area contributed by atoms with E-state index in [0.717, 1.165) is 23.3 Å². The number of piperidine rings is 1. The molecule has 1 fully saturated rings. The lowest BCUT2D eigenvalue weighted by molar-refractivity contribution is -0.274. The third-order valence-electron chi connectivity index (χ3n) is 6.91. The molecule has 1 N–H and O–H groups in total. The molecule has 2 aliphatic heterocycles. The molecule has 2 aliphatic rings. The summed E-state index contributed by atoms with van der Waals surface area (Å²) in [5.74, 6) is -0.782. The molecule has 0 radical (unpaired) electrons. The number of nitrogens with one attached hydrogen (secondary N) is 1. The second kappa shape index (κ2) is 10.6. The second-order valence-corrected chi connectivity index (χ2v) is 11.9. The molecule has 0 atom stereocenters. The minimum atomic E-state index is -4.81. The van der Waals surface area contributed by atoms with Crippen LogP contribution in [-0.4, -0.2) is 80.1 Å². The summed E-state index contributed by atoms with van der Waals surface area (Å²) in [6.45, 7) is 2.06. The molecule has 39 heavy (non-hydrogen) atoms. The quantitative estimate of drug-likeness (QED) is 0.555. The number of carbonyl (C=O) groups is 2. The number of hydrogen-bond donors (Lipinski definition) is 1. The van der Waals surface area contributed by atoms with Gasteiger partial charge in [-0.25, -0.2) is 12.7 Å². The maximum atomic E-state index is 13.1. The Labute approximate surface area is 224 Å². The number of amidine groups is 1. The number of benzene rings is 2. The molecular formula is C26H29F3N4O5S. The molecule has 9 nitrogen and oxygen atoms in total. The Kier molecular flexibility index (Phi) is 7.77. The number of sulfonamides is 1. The van der Waals surface area contributed by atoms with Crippen molar-refractivity contribution in [2.45, 2.75) is 38.1 Å². The fourth-order valence-electron chi connectivity index (χ4n) is 4.68. The molecule has 13 heteroatoms. The lowest BCUT2D eigenvalue weighted by Crippen LogP contribution is -2.50. The molecule has 2 amide bonds. The van der Waals surface area contributed by atoms with Gasteiger partial charge in [-0.2, -0.15) is 0 Å². The van der Waals surface area contributed by atoms with Crippen LogP contribution in [0.4, 0.5) is 13.2 Å². The van der Waals surface area contributed by atoms with Gasteiger partial charge in [0.15, 0.2) is 0 Å². The molecule has 2 aromatic rings. The highest BCUT2D eigenvalue weighted by Crippen LogP contribution is 2.33. The van der Waals surface area contributed by atoms with Crippen molar-refractivity contribution in [3.8, 4) is 5.75 Å².